The second-order valence-electron chi connectivity index (χ2n) is 8.28. The predicted molar refractivity (Wildman–Crippen MR) is 111 cm³/mol. The van der Waals surface area contributed by atoms with Crippen LogP contribution in [0.5, 0.6) is 0 Å². The van der Waals surface area contributed by atoms with E-state index in [-0.39, 0.29) is 29.2 Å². The predicted octanol–water partition coefficient (Wildman–Crippen LogP) is 3.69. The summed E-state index contributed by atoms with van der Waals surface area (Å²) in [6, 6.07) is 13.5. The maximum absolute atomic E-state index is 14.7. The zero-order valence-corrected chi connectivity index (χ0v) is 17.0. The minimum atomic E-state index is -0.564. The lowest BCUT2D eigenvalue weighted by molar-refractivity contribution is -0.131. The molecule has 1 aliphatic heterocycles. The first-order valence-electron chi connectivity index (χ1n) is 10.3. The van der Waals surface area contributed by atoms with Crippen molar-refractivity contribution < 1.29 is 14.0 Å². The molecule has 2 aromatic carbocycles. The van der Waals surface area contributed by atoms with Crippen molar-refractivity contribution in [2.24, 2.45) is 11.8 Å². The van der Waals surface area contributed by atoms with Gasteiger partial charge in [-0.3, -0.25) is 9.59 Å². The van der Waals surface area contributed by atoms with Crippen LogP contribution in [0.15, 0.2) is 42.5 Å². The summed E-state index contributed by atoms with van der Waals surface area (Å²) in [5, 5.41) is 8.89. The Morgan fingerprint density at radius 1 is 1.13 bits per heavy atom. The summed E-state index contributed by atoms with van der Waals surface area (Å²) in [5.41, 5.74) is 2.02. The maximum atomic E-state index is 14.7. The first-order valence-corrected chi connectivity index (χ1v) is 10.3. The Kier molecular flexibility index (Phi) is 5.54. The van der Waals surface area contributed by atoms with Gasteiger partial charge < -0.3 is 9.80 Å². The standard InChI is InChI=1S/C24H24FN3O2/c1-27(14-17-10-11-28(15-17)23(29)19-6-7-19)24(30)21-9-8-20(12-22(21)25)18-4-2-16(13-26)3-5-18/h2-5,8-9,12,17,19H,6-7,10-11,14-15H2,1H3. The normalized spacial score (nSPS) is 18.2. The molecule has 0 spiro atoms. The summed E-state index contributed by atoms with van der Waals surface area (Å²) >= 11 is 0. The number of carbonyl (C=O) groups excluding carboxylic acids is 2. The molecule has 2 amide bonds. The molecule has 1 aliphatic carbocycles. The lowest BCUT2D eigenvalue weighted by atomic mass is 10.0. The first kappa shape index (κ1) is 20.1. The molecular weight excluding hydrogens is 381 g/mol. The number of likely N-dealkylation sites (tertiary alicyclic amines) is 1. The molecule has 0 aromatic heterocycles. The van der Waals surface area contributed by atoms with Gasteiger partial charge in [0.05, 0.1) is 17.2 Å². The van der Waals surface area contributed by atoms with E-state index in [0.29, 0.717) is 24.2 Å². The quantitative estimate of drug-likeness (QED) is 0.762. The molecule has 2 aliphatic rings. The molecule has 1 saturated carbocycles. The summed E-state index contributed by atoms with van der Waals surface area (Å²) in [5.74, 6) is -0.234. The van der Waals surface area contributed by atoms with Crippen LogP contribution in [-0.2, 0) is 4.79 Å². The maximum Gasteiger partial charge on any atom is 0.256 e. The molecular formula is C24H24FN3O2. The van der Waals surface area contributed by atoms with Gasteiger partial charge in [-0.25, -0.2) is 4.39 Å². The summed E-state index contributed by atoms with van der Waals surface area (Å²) < 4.78 is 14.7. The van der Waals surface area contributed by atoms with Crippen molar-refractivity contribution in [2.75, 3.05) is 26.7 Å². The molecule has 1 heterocycles. The highest BCUT2D eigenvalue weighted by molar-refractivity contribution is 5.95. The highest BCUT2D eigenvalue weighted by atomic mass is 19.1. The average Bonchev–Trinajstić information content (AvgIpc) is 3.51. The number of hydrogen-bond donors (Lipinski definition) is 0. The summed E-state index contributed by atoms with van der Waals surface area (Å²) in [7, 11) is 1.68. The number of hydrogen-bond acceptors (Lipinski definition) is 3. The molecule has 0 N–H and O–H groups in total. The highest BCUT2D eigenvalue weighted by Crippen LogP contribution is 2.33. The minimum absolute atomic E-state index is 0.0406. The van der Waals surface area contributed by atoms with Crippen LogP contribution in [-0.4, -0.2) is 48.3 Å². The largest absolute Gasteiger partial charge is 0.342 e. The molecule has 6 heteroatoms. The molecule has 4 rings (SSSR count). The molecule has 1 saturated heterocycles. The number of nitrogens with zero attached hydrogens (tertiary/aromatic N) is 3. The topological polar surface area (TPSA) is 64.4 Å². The third-order valence-electron chi connectivity index (χ3n) is 5.95. The SMILES string of the molecule is CN(CC1CCN(C(=O)C2CC2)C1)C(=O)c1ccc(-c2ccc(C#N)cc2)cc1F. The molecule has 0 radical (unpaired) electrons. The molecule has 1 atom stereocenters. The first-order chi connectivity index (χ1) is 14.5. The van der Waals surface area contributed by atoms with Crippen LogP contribution in [0.3, 0.4) is 0 Å². The Bertz CT molecular complexity index is 1010. The third-order valence-corrected chi connectivity index (χ3v) is 5.95. The van der Waals surface area contributed by atoms with Crippen LogP contribution in [0, 0.1) is 29.0 Å². The summed E-state index contributed by atoms with van der Waals surface area (Å²) in [6.45, 7) is 1.92. The van der Waals surface area contributed by atoms with Crippen molar-refractivity contribution in [2.45, 2.75) is 19.3 Å². The van der Waals surface area contributed by atoms with Crippen LogP contribution in [0.1, 0.15) is 35.2 Å². The van der Waals surface area contributed by atoms with Crippen molar-refractivity contribution >= 4 is 11.8 Å². The Balaban J connectivity index is 1.40. The van der Waals surface area contributed by atoms with E-state index in [0.717, 1.165) is 31.4 Å². The van der Waals surface area contributed by atoms with Gasteiger partial charge in [-0.15, -0.1) is 0 Å². The number of amides is 2. The number of halogens is 1. The summed E-state index contributed by atoms with van der Waals surface area (Å²) in [6.07, 6.45) is 2.86. The second kappa shape index (κ2) is 8.27. The number of benzene rings is 2. The molecule has 5 nitrogen and oxygen atoms in total. The second-order valence-corrected chi connectivity index (χ2v) is 8.28. The smallest absolute Gasteiger partial charge is 0.256 e. The fourth-order valence-corrected chi connectivity index (χ4v) is 4.05. The minimum Gasteiger partial charge on any atom is -0.342 e. The van der Waals surface area contributed by atoms with Crippen molar-refractivity contribution in [3.05, 3.63) is 59.4 Å². The van der Waals surface area contributed by atoms with E-state index in [1.54, 1.807) is 42.3 Å². The highest BCUT2D eigenvalue weighted by Gasteiger charge is 2.37. The van der Waals surface area contributed by atoms with Gasteiger partial charge in [0.25, 0.3) is 5.91 Å². The average molecular weight is 405 g/mol. The summed E-state index contributed by atoms with van der Waals surface area (Å²) in [4.78, 5) is 28.5. The third kappa shape index (κ3) is 4.20. The molecule has 154 valence electrons. The van der Waals surface area contributed by atoms with Crippen molar-refractivity contribution in [1.29, 1.82) is 5.26 Å². The van der Waals surface area contributed by atoms with Gasteiger partial charge in [-0.05, 0) is 60.6 Å². The van der Waals surface area contributed by atoms with Crippen LogP contribution < -0.4 is 0 Å². The van der Waals surface area contributed by atoms with Crippen molar-refractivity contribution in [3.63, 3.8) is 0 Å². The Hall–Kier alpha value is -3.20. The van der Waals surface area contributed by atoms with Gasteiger partial charge in [-0.2, -0.15) is 5.26 Å². The van der Waals surface area contributed by atoms with E-state index in [9.17, 15) is 14.0 Å². The van der Waals surface area contributed by atoms with Crippen LogP contribution in [0.25, 0.3) is 11.1 Å². The molecule has 30 heavy (non-hydrogen) atoms. The Morgan fingerprint density at radius 2 is 1.83 bits per heavy atom. The number of carbonyl (C=O) groups is 2. The van der Waals surface area contributed by atoms with Crippen molar-refractivity contribution in [1.82, 2.24) is 9.80 Å². The molecule has 0 bridgehead atoms. The zero-order chi connectivity index (χ0) is 21.3. The number of rotatable bonds is 5. The lowest BCUT2D eigenvalue weighted by Crippen LogP contribution is -2.35. The van der Waals surface area contributed by atoms with Gasteiger partial charge in [0.15, 0.2) is 0 Å². The van der Waals surface area contributed by atoms with E-state index in [2.05, 4.69) is 6.07 Å². The molecule has 2 aromatic rings. The van der Waals surface area contributed by atoms with Gasteiger partial charge in [0.2, 0.25) is 5.91 Å². The fraction of sp³-hybridized carbons (Fsp3) is 0.375. The van der Waals surface area contributed by atoms with E-state index in [1.807, 2.05) is 4.90 Å². The zero-order valence-electron chi connectivity index (χ0n) is 17.0. The van der Waals surface area contributed by atoms with E-state index in [1.165, 1.54) is 12.1 Å². The van der Waals surface area contributed by atoms with Gasteiger partial charge in [-0.1, -0.05) is 18.2 Å². The van der Waals surface area contributed by atoms with Gasteiger partial charge >= 0.3 is 0 Å². The lowest BCUT2D eigenvalue weighted by Gasteiger charge is -2.22. The van der Waals surface area contributed by atoms with Crippen molar-refractivity contribution in [3.8, 4) is 17.2 Å². The Labute approximate surface area is 175 Å². The van der Waals surface area contributed by atoms with Crippen LogP contribution in [0.2, 0.25) is 0 Å². The molecule has 2 fully saturated rings. The van der Waals surface area contributed by atoms with E-state index >= 15 is 0 Å². The Morgan fingerprint density at radius 3 is 2.47 bits per heavy atom. The van der Waals surface area contributed by atoms with Crippen LogP contribution >= 0.6 is 0 Å². The number of nitriles is 1. The van der Waals surface area contributed by atoms with Gasteiger partial charge in [0, 0.05) is 32.6 Å². The monoisotopic (exact) mass is 405 g/mol. The van der Waals surface area contributed by atoms with E-state index < -0.39 is 5.82 Å². The molecule has 1 unspecified atom stereocenters. The van der Waals surface area contributed by atoms with Gasteiger partial charge in [0.1, 0.15) is 5.82 Å². The fourth-order valence-electron chi connectivity index (χ4n) is 4.05. The van der Waals surface area contributed by atoms with Crippen LogP contribution in [0.4, 0.5) is 4.39 Å². The van der Waals surface area contributed by atoms with E-state index in [4.69, 9.17) is 5.26 Å².